The van der Waals surface area contributed by atoms with Crippen molar-refractivity contribution in [1.29, 1.82) is 0 Å². The lowest BCUT2D eigenvalue weighted by Crippen LogP contribution is -2.27. The first-order valence-electron chi connectivity index (χ1n) is 5.26. The fourth-order valence-electron chi connectivity index (χ4n) is 2.21. The topological polar surface area (TPSA) is 37.4 Å². The predicted molar refractivity (Wildman–Crippen MR) is 59.9 cm³/mol. The molecule has 1 heterocycles. The molecule has 0 saturated carbocycles. The van der Waals surface area contributed by atoms with Crippen molar-refractivity contribution in [1.82, 2.24) is 4.31 Å². The third kappa shape index (κ3) is 2.25. The van der Waals surface area contributed by atoms with E-state index in [2.05, 4.69) is 0 Å². The van der Waals surface area contributed by atoms with Crippen molar-refractivity contribution in [2.75, 3.05) is 6.54 Å². The summed E-state index contributed by atoms with van der Waals surface area (Å²) < 4.78 is 35.9. The SMILES string of the molecule is Cc1cccc(C2CCCN2S(=O)(=O)F)c1. The van der Waals surface area contributed by atoms with Gasteiger partial charge in [0.15, 0.2) is 0 Å². The lowest BCUT2D eigenvalue weighted by atomic mass is 10.0. The molecule has 0 aliphatic carbocycles. The van der Waals surface area contributed by atoms with Gasteiger partial charge in [0.1, 0.15) is 0 Å². The third-order valence-corrected chi connectivity index (χ3v) is 3.91. The number of hydrogen-bond donors (Lipinski definition) is 0. The van der Waals surface area contributed by atoms with Crippen molar-refractivity contribution in [2.24, 2.45) is 0 Å². The van der Waals surface area contributed by atoms with Gasteiger partial charge in [0.2, 0.25) is 0 Å². The molecule has 1 unspecified atom stereocenters. The van der Waals surface area contributed by atoms with E-state index in [1.807, 2.05) is 31.2 Å². The molecule has 1 aromatic carbocycles. The van der Waals surface area contributed by atoms with Crippen molar-refractivity contribution in [3.63, 3.8) is 0 Å². The smallest absolute Gasteiger partial charge is 0.177 e. The quantitative estimate of drug-likeness (QED) is 0.748. The Morgan fingerprint density at radius 1 is 1.44 bits per heavy atom. The van der Waals surface area contributed by atoms with E-state index < -0.39 is 10.4 Å². The van der Waals surface area contributed by atoms with Gasteiger partial charge in [-0.3, -0.25) is 0 Å². The molecule has 1 aliphatic rings. The van der Waals surface area contributed by atoms with Crippen LogP contribution in [-0.4, -0.2) is 19.3 Å². The molecular formula is C11H14FNO2S. The van der Waals surface area contributed by atoms with Crippen LogP contribution in [0.4, 0.5) is 3.89 Å². The van der Waals surface area contributed by atoms with Crippen molar-refractivity contribution in [3.8, 4) is 0 Å². The molecule has 1 aromatic rings. The molecule has 0 radical (unpaired) electrons. The lowest BCUT2D eigenvalue weighted by Gasteiger charge is -2.20. The van der Waals surface area contributed by atoms with E-state index in [9.17, 15) is 12.3 Å². The summed E-state index contributed by atoms with van der Waals surface area (Å²) >= 11 is 0. The Kier molecular flexibility index (Phi) is 2.99. The molecule has 5 heteroatoms. The van der Waals surface area contributed by atoms with E-state index in [1.165, 1.54) is 0 Å². The largest absolute Gasteiger partial charge is 0.375 e. The Hall–Kier alpha value is -0.940. The summed E-state index contributed by atoms with van der Waals surface area (Å²) in [5.74, 6) is 0. The maximum atomic E-state index is 13.0. The van der Waals surface area contributed by atoms with Crippen LogP contribution in [-0.2, 0) is 10.4 Å². The van der Waals surface area contributed by atoms with Crippen LogP contribution in [0.5, 0.6) is 0 Å². The summed E-state index contributed by atoms with van der Waals surface area (Å²) in [6.07, 6.45) is 1.40. The van der Waals surface area contributed by atoms with Crippen molar-refractivity contribution >= 4 is 10.4 Å². The highest BCUT2D eigenvalue weighted by Gasteiger charge is 2.34. The van der Waals surface area contributed by atoms with Crippen LogP contribution in [0.2, 0.25) is 0 Å². The van der Waals surface area contributed by atoms with Gasteiger partial charge < -0.3 is 0 Å². The van der Waals surface area contributed by atoms with Gasteiger partial charge in [-0.1, -0.05) is 33.7 Å². The van der Waals surface area contributed by atoms with Gasteiger partial charge in [-0.2, -0.15) is 12.7 Å². The third-order valence-electron chi connectivity index (χ3n) is 2.91. The van der Waals surface area contributed by atoms with E-state index in [0.717, 1.165) is 15.4 Å². The Bertz CT molecular complexity index is 487. The van der Waals surface area contributed by atoms with E-state index in [4.69, 9.17) is 0 Å². The van der Waals surface area contributed by atoms with Crippen molar-refractivity contribution in [2.45, 2.75) is 25.8 Å². The van der Waals surface area contributed by atoms with Crippen molar-refractivity contribution in [3.05, 3.63) is 35.4 Å². The summed E-state index contributed by atoms with van der Waals surface area (Å²) in [5.41, 5.74) is 1.93. The molecule has 3 nitrogen and oxygen atoms in total. The fourth-order valence-corrected chi connectivity index (χ4v) is 3.09. The highest BCUT2D eigenvalue weighted by molar-refractivity contribution is 7.84. The molecule has 0 spiro atoms. The summed E-state index contributed by atoms with van der Waals surface area (Å²) in [5, 5.41) is 0. The van der Waals surface area contributed by atoms with Gasteiger partial charge in [-0.25, -0.2) is 0 Å². The molecule has 0 bridgehead atoms. The number of halogens is 1. The van der Waals surface area contributed by atoms with Gasteiger partial charge in [0.25, 0.3) is 0 Å². The van der Waals surface area contributed by atoms with Crippen LogP contribution in [0.3, 0.4) is 0 Å². The minimum atomic E-state index is -4.58. The molecule has 0 amide bonds. The zero-order chi connectivity index (χ0) is 11.8. The highest BCUT2D eigenvalue weighted by atomic mass is 32.3. The first-order chi connectivity index (χ1) is 7.48. The number of rotatable bonds is 2. The van der Waals surface area contributed by atoms with E-state index in [1.54, 1.807) is 0 Å². The molecule has 0 N–H and O–H groups in total. The highest BCUT2D eigenvalue weighted by Crippen LogP contribution is 2.34. The minimum Gasteiger partial charge on any atom is -0.177 e. The summed E-state index contributed by atoms with van der Waals surface area (Å²) in [4.78, 5) is 0. The molecule has 1 fully saturated rings. The second-order valence-corrected chi connectivity index (χ2v) is 5.42. The first kappa shape index (κ1) is 11.5. The molecule has 0 aromatic heterocycles. The Labute approximate surface area is 95.2 Å². The van der Waals surface area contributed by atoms with Crippen molar-refractivity contribution < 1.29 is 12.3 Å². The standard InChI is InChI=1S/C11H14FNO2S/c1-9-4-2-5-10(8-9)11-6-3-7-13(11)16(12,14)15/h2,4-5,8,11H,3,6-7H2,1H3. The molecule has 16 heavy (non-hydrogen) atoms. The normalized spacial score (nSPS) is 22.5. The average Bonchev–Trinajstić information content (AvgIpc) is 2.65. The van der Waals surface area contributed by atoms with Gasteiger partial charge >= 0.3 is 10.4 Å². The first-order valence-corrected chi connectivity index (χ1v) is 6.60. The van der Waals surface area contributed by atoms with Gasteiger partial charge in [-0.05, 0) is 25.3 Å². The van der Waals surface area contributed by atoms with E-state index in [-0.39, 0.29) is 12.6 Å². The summed E-state index contributed by atoms with van der Waals surface area (Å²) in [7, 11) is -4.58. The Morgan fingerprint density at radius 3 is 2.81 bits per heavy atom. The number of aryl methyl sites for hydroxylation is 1. The van der Waals surface area contributed by atoms with Crippen LogP contribution < -0.4 is 0 Å². The fraction of sp³-hybridized carbons (Fsp3) is 0.455. The van der Waals surface area contributed by atoms with E-state index >= 15 is 0 Å². The molecule has 1 aliphatic heterocycles. The maximum Gasteiger partial charge on any atom is 0.375 e. The van der Waals surface area contributed by atoms with Crippen LogP contribution >= 0.6 is 0 Å². The monoisotopic (exact) mass is 243 g/mol. The lowest BCUT2D eigenvalue weighted by molar-refractivity contribution is 0.371. The molecular weight excluding hydrogens is 229 g/mol. The minimum absolute atomic E-state index is 0.275. The van der Waals surface area contributed by atoms with Crippen LogP contribution in [0.15, 0.2) is 24.3 Å². The molecule has 1 saturated heterocycles. The second-order valence-electron chi connectivity index (χ2n) is 4.12. The Morgan fingerprint density at radius 2 is 2.19 bits per heavy atom. The predicted octanol–water partition coefficient (Wildman–Crippen LogP) is 2.35. The second kappa shape index (κ2) is 4.14. The number of hydrogen-bond acceptors (Lipinski definition) is 2. The summed E-state index contributed by atoms with van der Waals surface area (Å²) in [6, 6.07) is 7.23. The van der Waals surface area contributed by atoms with Crippen LogP contribution in [0.25, 0.3) is 0 Å². The molecule has 2 rings (SSSR count). The zero-order valence-electron chi connectivity index (χ0n) is 9.06. The summed E-state index contributed by atoms with van der Waals surface area (Å²) in [6.45, 7) is 2.21. The van der Waals surface area contributed by atoms with Crippen LogP contribution in [0.1, 0.15) is 30.0 Å². The number of nitrogens with zero attached hydrogens (tertiary/aromatic N) is 1. The van der Waals surface area contributed by atoms with Crippen LogP contribution in [0, 0.1) is 6.92 Å². The van der Waals surface area contributed by atoms with E-state index in [0.29, 0.717) is 12.8 Å². The maximum absolute atomic E-state index is 13.0. The average molecular weight is 243 g/mol. The molecule has 1 atom stereocenters. The number of benzene rings is 1. The van der Waals surface area contributed by atoms with Gasteiger partial charge in [-0.15, -0.1) is 0 Å². The molecule has 88 valence electrons. The van der Waals surface area contributed by atoms with Gasteiger partial charge in [0, 0.05) is 6.54 Å². The zero-order valence-corrected chi connectivity index (χ0v) is 9.87. The Balaban J connectivity index is 2.34. The van der Waals surface area contributed by atoms with Gasteiger partial charge in [0.05, 0.1) is 6.04 Å².